The second-order valence-electron chi connectivity index (χ2n) is 6.52. The lowest BCUT2D eigenvalue weighted by molar-refractivity contribution is 0.137. The molecule has 0 aromatic heterocycles. The van der Waals surface area contributed by atoms with Gasteiger partial charge in [-0.3, -0.25) is 0 Å². The summed E-state index contributed by atoms with van der Waals surface area (Å²) >= 11 is 0. The molecule has 2 nitrogen and oxygen atoms in total. The van der Waals surface area contributed by atoms with Crippen molar-refractivity contribution in [2.24, 2.45) is 5.92 Å². The lowest BCUT2D eigenvalue weighted by Gasteiger charge is -2.38. The first-order chi connectivity index (χ1) is 8.79. The monoisotopic (exact) mass is 252 g/mol. The fraction of sp³-hybridized carbons (Fsp3) is 1.00. The number of nitrogens with one attached hydrogen (secondary N) is 1. The van der Waals surface area contributed by atoms with Gasteiger partial charge in [0.15, 0.2) is 0 Å². The van der Waals surface area contributed by atoms with E-state index in [2.05, 4.69) is 24.2 Å². The lowest BCUT2D eigenvalue weighted by Crippen LogP contribution is -2.44. The van der Waals surface area contributed by atoms with Crippen molar-refractivity contribution < 1.29 is 0 Å². The van der Waals surface area contributed by atoms with Gasteiger partial charge in [-0.05, 0) is 51.6 Å². The van der Waals surface area contributed by atoms with Gasteiger partial charge in [0.2, 0.25) is 0 Å². The van der Waals surface area contributed by atoms with Gasteiger partial charge in [-0.1, -0.05) is 32.6 Å². The summed E-state index contributed by atoms with van der Waals surface area (Å²) in [5.41, 5.74) is 0. The van der Waals surface area contributed by atoms with Crippen LogP contribution in [0.15, 0.2) is 0 Å². The molecule has 0 aromatic rings. The maximum Gasteiger partial charge on any atom is 0.0107 e. The van der Waals surface area contributed by atoms with E-state index in [0.717, 1.165) is 24.5 Å². The number of hydrogen-bond donors (Lipinski definition) is 1. The van der Waals surface area contributed by atoms with E-state index in [4.69, 9.17) is 0 Å². The van der Waals surface area contributed by atoms with Crippen molar-refractivity contribution >= 4 is 0 Å². The van der Waals surface area contributed by atoms with Crippen molar-refractivity contribution in [1.82, 2.24) is 10.2 Å². The van der Waals surface area contributed by atoms with Crippen LogP contribution in [0.4, 0.5) is 0 Å². The molecule has 18 heavy (non-hydrogen) atoms. The summed E-state index contributed by atoms with van der Waals surface area (Å²) in [5.74, 6) is 0.989. The summed E-state index contributed by atoms with van der Waals surface area (Å²) in [6.45, 7) is 4.71. The van der Waals surface area contributed by atoms with Gasteiger partial charge >= 0.3 is 0 Å². The van der Waals surface area contributed by atoms with E-state index < -0.39 is 0 Å². The first kappa shape index (κ1) is 14.3. The molecule has 0 radical (unpaired) electrons. The van der Waals surface area contributed by atoms with Crippen molar-refractivity contribution in [3.63, 3.8) is 0 Å². The van der Waals surface area contributed by atoms with Crippen molar-refractivity contribution in [3.05, 3.63) is 0 Å². The Morgan fingerprint density at radius 3 is 2.50 bits per heavy atom. The zero-order valence-corrected chi connectivity index (χ0v) is 12.5. The van der Waals surface area contributed by atoms with E-state index in [0.29, 0.717) is 0 Å². The zero-order chi connectivity index (χ0) is 12.8. The summed E-state index contributed by atoms with van der Waals surface area (Å²) in [6, 6.07) is 1.62. The smallest absolute Gasteiger partial charge is 0.0107 e. The fourth-order valence-electron chi connectivity index (χ4n) is 3.96. The molecule has 2 fully saturated rings. The molecule has 2 rings (SSSR count). The largest absolute Gasteiger partial charge is 0.314 e. The molecule has 2 saturated carbocycles. The first-order valence-corrected chi connectivity index (χ1v) is 8.23. The van der Waals surface area contributed by atoms with Crippen LogP contribution in [0.3, 0.4) is 0 Å². The molecule has 0 aromatic carbocycles. The molecule has 2 atom stereocenters. The summed E-state index contributed by atoms with van der Waals surface area (Å²) < 4.78 is 0. The number of hydrogen-bond acceptors (Lipinski definition) is 2. The van der Waals surface area contributed by atoms with Crippen LogP contribution in [0.25, 0.3) is 0 Å². The SMILES string of the molecule is CCNC1CCCC(N(C)CC2CCCCC2)C1. The van der Waals surface area contributed by atoms with Gasteiger partial charge in [0.25, 0.3) is 0 Å². The summed E-state index contributed by atoms with van der Waals surface area (Å²) in [6.07, 6.45) is 13.0. The molecule has 0 amide bonds. The second-order valence-corrected chi connectivity index (χ2v) is 6.52. The standard InChI is InChI=1S/C16H32N2/c1-3-17-15-10-7-11-16(12-15)18(2)13-14-8-5-4-6-9-14/h14-17H,3-13H2,1-2H3. The normalized spacial score (nSPS) is 30.8. The van der Waals surface area contributed by atoms with E-state index in [-0.39, 0.29) is 0 Å². The third-order valence-electron chi connectivity index (χ3n) is 5.03. The topological polar surface area (TPSA) is 15.3 Å². The van der Waals surface area contributed by atoms with Gasteiger partial charge in [-0.25, -0.2) is 0 Å². The average molecular weight is 252 g/mol. The van der Waals surface area contributed by atoms with Gasteiger partial charge in [0.05, 0.1) is 0 Å². The highest BCUT2D eigenvalue weighted by atomic mass is 15.1. The summed E-state index contributed by atoms with van der Waals surface area (Å²) in [7, 11) is 2.37. The Morgan fingerprint density at radius 1 is 1.00 bits per heavy atom. The Labute approximate surface area is 114 Å². The number of nitrogens with zero attached hydrogens (tertiary/aromatic N) is 1. The van der Waals surface area contributed by atoms with Crippen LogP contribution in [0.2, 0.25) is 0 Å². The van der Waals surface area contributed by atoms with Crippen LogP contribution in [0, 0.1) is 5.92 Å². The van der Waals surface area contributed by atoms with Crippen LogP contribution in [-0.4, -0.2) is 37.1 Å². The molecule has 0 heterocycles. The summed E-state index contributed by atoms with van der Waals surface area (Å²) in [5, 5.41) is 3.65. The molecule has 0 bridgehead atoms. The highest BCUT2D eigenvalue weighted by molar-refractivity contribution is 4.83. The molecule has 106 valence electrons. The Balaban J connectivity index is 1.74. The number of rotatable bonds is 5. The Bertz CT molecular complexity index is 221. The predicted molar refractivity (Wildman–Crippen MR) is 78.9 cm³/mol. The summed E-state index contributed by atoms with van der Waals surface area (Å²) in [4.78, 5) is 2.68. The molecular formula is C16H32N2. The molecule has 1 N–H and O–H groups in total. The highest BCUT2D eigenvalue weighted by Gasteiger charge is 2.26. The van der Waals surface area contributed by atoms with Crippen molar-refractivity contribution in [2.45, 2.75) is 76.8 Å². The van der Waals surface area contributed by atoms with Gasteiger partial charge in [0, 0.05) is 18.6 Å². The highest BCUT2D eigenvalue weighted by Crippen LogP contribution is 2.27. The minimum atomic E-state index is 0.780. The van der Waals surface area contributed by atoms with Gasteiger partial charge < -0.3 is 10.2 Å². The van der Waals surface area contributed by atoms with E-state index in [1.54, 1.807) is 0 Å². The zero-order valence-electron chi connectivity index (χ0n) is 12.5. The third-order valence-corrected chi connectivity index (χ3v) is 5.03. The maximum absolute atomic E-state index is 3.65. The molecule has 2 aliphatic rings. The molecule has 0 spiro atoms. The molecule has 0 saturated heterocycles. The maximum atomic E-state index is 3.65. The Morgan fingerprint density at radius 2 is 1.78 bits per heavy atom. The van der Waals surface area contributed by atoms with Crippen LogP contribution in [0.5, 0.6) is 0 Å². The van der Waals surface area contributed by atoms with Gasteiger partial charge in [-0.15, -0.1) is 0 Å². The molecular weight excluding hydrogens is 220 g/mol. The van der Waals surface area contributed by atoms with E-state index in [9.17, 15) is 0 Å². The van der Waals surface area contributed by atoms with Crippen LogP contribution < -0.4 is 5.32 Å². The van der Waals surface area contributed by atoms with Crippen molar-refractivity contribution in [1.29, 1.82) is 0 Å². The van der Waals surface area contributed by atoms with Gasteiger partial charge in [0.1, 0.15) is 0 Å². The van der Waals surface area contributed by atoms with Crippen LogP contribution >= 0.6 is 0 Å². The molecule has 2 heteroatoms. The minimum Gasteiger partial charge on any atom is -0.314 e. The van der Waals surface area contributed by atoms with Gasteiger partial charge in [-0.2, -0.15) is 0 Å². The minimum absolute atomic E-state index is 0.780. The average Bonchev–Trinajstić information content (AvgIpc) is 2.40. The lowest BCUT2D eigenvalue weighted by atomic mass is 9.86. The van der Waals surface area contributed by atoms with Crippen LogP contribution in [-0.2, 0) is 0 Å². The molecule has 2 unspecified atom stereocenters. The Hall–Kier alpha value is -0.0800. The van der Waals surface area contributed by atoms with E-state index in [1.165, 1.54) is 64.3 Å². The predicted octanol–water partition coefficient (Wildman–Crippen LogP) is 3.42. The van der Waals surface area contributed by atoms with Crippen molar-refractivity contribution in [3.8, 4) is 0 Å². The Kier molecular flexibility index (Phi) is 5.97. The first-order valence-electron chi connectivity index (χ1n) is 8.23. The quantitative estimate of drug-likeness (QED) is 0.806. The second kappa shape index (κ2) is 7.49. The third kappa shape index (κ3) is 4.24. The molecule has 0 aliphatic heterocycles. The van der Waals surface area contributed by atoms with E-state index >= 15 is 0 Å². The van der Waals surface area contributed by atoms with E-state index in [1.807, 2.05) is 0 Å². The fourth-order valence-corrected chi connectivity index (χ4v) is 3.96. The molecule has 2 aliphatic carbocycles. The van der Waals surface area contributed by atoms with Crippen molar-refractivity contribution in [2.75, 3.05) is 20.1 Å². The van der Waals surface area contributed by atoms with Crippen LogP contribution in [0.1, 0.15) is 64.7 Å².